The van der Waals surface area contributed by atoms with Crippen molar-refractivity contribution in [1.29, 1.82) is 0 Å². The highest BCUT2D eigenvalue weighted by molar-refractivity contribution is 6.35. The molecule has 1 aromatic heterocycles. The van der Waals surface area contributed by atoms with E-state index < -0.39 is 0 Å². The van der Waals surface area contributed by atoms with E-state index >= 15 is 0 Å². The van der Waals surface area contributed by atoms with E-state index in [9.17, 15) is 0 Å². The molecule has 0 spiro atoms. The van der Waals surface area contributed by atoms with Crippen molar-refractivity contribution >= 4 is 23.2 Å². The molecule has 15 heavy (non-hydrogen) atoms. The maximum Gasteiger partial charge on any atom is 0.150 e. The van der Waals surface area contributed by atoms with Gasteiger partial charge in [0, 0.05) is 6.04 Å². The van der Waals surface area contributed by atoms with Crippen molar-refractivity contribution in [3.63, 3.8) is 0 Å². The molecule has 1 aliphatic rings. The van der Waals surface area contributed by atoms with Gasteiger partial charge in [-0.25, -0.2) is 9.97 Å². The number of aromatic nitrogens is 2. The van der Waals surface area contributed by atoms with Crippen LogP contribution in [0.1, 0.15) is 26.2 Å². The lowest BCUT2D eigenvalue weighted by Gasteiger charge is -2.18. The number of nitrogens with two attached hydrogens (primary N) is 1. The van der Waals surface area contributed by atoms with Crippen molar-refractivity contribution in [2.75, 3.05) is 11.1 Å². The first kappa shape index (κ1) is 10.5. The fourth-order valence-corrected chi connectivity index (χ4v) is 2.17. The van der Waals surface area contributed by atoms with Gasteiger partial charge >= 0.3 is 0 Å². The van der Waals surface area contributed by atoms with Gasteiger partial charge in [-0.2, -0.15) is 0 Å². The first-order valence-electron chi connectivity index (χ1n) is 5.21. The monoisotopic (exact) mass is 226 g/mol. The number of halogens is 1. The van der Waals surface area contributed by atoms with Crippen LogP contribution in [0.3, 0.4) is 0 Å². The molecule has 3 N–H and O–H groups in total. The van der Waals surface area contributed by atoms with Gasteiger partial charge in [0.15, 0.2) is 5.82 Å². The molecule has 5 heteroatoms. The normalized spacial score (nSPS) is 25.5. The molecule has 0 amide bonds. The topological polar surface area (TPSA) is 63.8 Å². The molecule has 1 fully saturated rings. The fourth-order valence-electron chi connectivity index (χ4n) is 2.02. The standard InChI is InChI=1S/C10H15ClN4/c1-6-3-2-4-7(6)15-10-8(11)9(12)13-5-14-10/h5-7H,2-4H2,1H3,(H3,12,13,14,15). The molecule has 82 valence electrons. The lowest BCUT2D eigenvalue weighted by Crippen LogP contribution is -2.22. The minimum Gasteiger partial charge on any atom is -0.382 e. The van der Waals surface area contributed by atoms with Crippen LogP contribution in [0.5, 0.6) is 0 Å². The van der Waals surface area contributed by atoms with Gasteiger partial charge in [-0.3, -0.25) is 0 Å². The summed E-state index contributed by atoms with van der Waals surface area (Å²) in [5.41, 5.74) is 5.61. The molecule has 2 rings (SSSR count). The van der Waals surface area contributed by atoms with Crippen molar-refractivity contribution in [3.8, 4) is 0 Å². The van der Waals surface area contributed by atoms with Crippen LogP contribution in [0, 0.1) is 5.92 Å². The van der Waals surface area contributed by atoms with Crippen LogP contribution in [-0.2, 0) is 0 Å². The quantitative estimate of drug-likeness (QED) is 0.813. The second-order valence-electron chi connectivity index (χ2n) is 4.08. The van der Waals surface area contributed by atoms with Gasteiger partial charge < -0.3 is 11.1 Å². The zero-order chi connectivity index (χ0) is 10.8. The maximum absolute atomic E-state index is 6.01. The Morgan fingerprint density at radius 1 is 1.47 bits per heavy atom. The molecule has 2 atom stereocenters. The highest BCUT2D eigenvalue weighted by Crippen LogP contribution is 2.30. The molecule has 0 aromatic carbocycles. The minimum absolute atomic E-state index is 0.333. The van der Waals surface area contributed by atoms with Crippen LogP contribution in [0.25, 0.3) is 0 Å². The van der Waals surface area contributed by atoms with Gasteiger partial charge in [0.1, 0.15) is 17.2 Å². The molecule has 4 nitrogen and oxygen atoms in total. The number of hydrogen-bond donors (Lipinski definition) is 2. The summed E-state index contributed by atoms with van der Waals surface area (Å²) >= 11 is 6.01. The van der Waals surface area contributed by atoms with E-state index in [1.54, 1.807) is 0 Å². The van der Waals surface area contributed by atoms with Crippen LogP contribution >= 0.6 is 11.6 Å². The predicted molar refractivity (Wildman–Crippen MR) is 61.9 cm³/mol. The van der Waals surface area contributed by atoms with Gasteiger partial charge in [-0.15, -0.1) is 0 Å². The van der Waals surface area contributed by atoms with E-state index in [0.717, 1.165) is 0 Å². The fraction of sp³-hybridized carbons (Fsp3) is 0.600. The molecule has 0 radical (unpaired) electrons. The Morgan fingerprint density at radius 3 is 2.93 bits per heavy atom. The first-order chi connectivity index (χ1) is 7.18. The van der Waals surface area contributed by atoms with Crippen molar-refractivity contribution in [2.45, 2.75) is 32.2 Å². The molecule has 2 unspecified atom stereocenters. The van der Waals surface area contributed by atoms with Gasteiger partial charge in [-0.1, -0.05) is 24.9 Å². The minimum atomic E-state index is 0.333. The van der Waals surface area contributed by atoms with Crippen molar-refractivity contribution < 1.29 is 0 Å². The van der Waals surface area contributed by atoms with E-state index in [1.807, 2.05) is 0 Å². The second kappa shape index (κ2) is 4.23. The maximum atomic E-state index is 6.01. The number of hydrogen-bond acceptors (Lipinski definition) is 4. The third kappa shape index (κ3) is 2.15. The summed E-state index contributed by atoms with van der Waals surface area (Å²) in [7, 11) is 0. The molecule has 0 bridgehead atoms. The van der Waals surface area contributed by atoms with Crippen LogP contribution in [0.2, 0.25) is 5.02 Å². The van der Waals surface area contributed by atoms with Gasteiger partial charge in [0.2, 0.25) is 0 Å². The lowest BCUT2D eigenvalue weighted by atomic mass is 10.1. The average molecular weight is 227 g/mol. The Kier molecular flexibility index (Phi) is 2.95. The van der Waals surface area contributed by atoms with Gasteiger partial charge in [0.05, 0.1) is 0 Å². The zero-order valence-corrected chi connectivity index (χ0v) is 9.46. The number of anilines is 2. The summed E-state index contributed by atoms with van der Waals surface area (Å²) in [6.07, 6.45) is 5.12. The molecule has 0 saturated heterocycles. The van der Waals surface area contributed by atoms with Crippen molar-refractivity contribution in [1.82, 2.24) is 9.97 Å². The van der Waals surface area contributed by atoms with Crippen LogP contribution in [0.15, 0.2) is 6.33 Å². The second-order valence-corrected chi connectivity index (χ2v) is 4.46. The Balaban J connectivity index is 2.13. The highest BCUT2D eigenvalue weighted by Gasteiger charge is 2.24. The Morgan fingerprint density at radius 2 is 2.27 bits per heavy atom. The molecular weight excluding hydrogens is 212 g/mol. The molecule has 1 saturated carbocycles. The summed E-state index contributed by atoms with van der Waals surface area (Å²) in [5, 5.41) is 3.76. The van der Waals surface area contributed by atoms with E-state index in [2.05, 4.69) is 22.2 Å². The molecule has 0 aliphatic heterocycles. The predicted octanol–water partition coefficient (Wildman–Crippen LogP) is 2.31. The third-order valence-corrected chi connectivity index (χ3v) is 3.37. The molecular formula is C10H15ClN4. The van der Waals surface area contributed by atoms with Gasteiger partial charge in [0.25, 0.3) is 0 Å². The Hall–Kier alpha value is -1.03. The highest BCUT2D eigenvalue weighted by atomic mass is 35.5. The van der Waals surface area contributed by atoms with Crippen molar-refractivity contribution in [3.05, 3.63) is 11.3 Å². The summed E-state index contributed by atoms with van der Waals surface area (Å²) in [6, 6.07) is 0.455. The van der Waals surface area contributed by atoms with E-state index in [1.165, 1.54) is 25.6 Å². The third-order valence-electron chi connectivity index (χ3n) is 3.00. The Bertz CT molecular complexity index is 355. The summed E-state index contributed by atoms with van der Waals surface area (Å²) < 4.78 is 0. The van der Waals surface area contributed by atoms with E-state index in [4.69, 9.17) is 17.3 Å². The number of nitrogens with one attached hydrogen (secondary N) is 1. The van der Waals surface area contributed by atoms with Crippen molar-refractivity contribution in [2.24, 2.45) is 5.92 Å². The van der Waals surface area contributed by atoms with Gasteiger partial charge in [-0.05, 0) is 18.8 Å². The SMILES string of the molecule is CC1CCCC1Nc1ncnc(N)c1Cl. The van der Waals surface area contributed by atoms with E-state index in [0.29, 0.717) is 28.6 Å². The summed E-state index contributed by atoms with van der Waals surface area (Å²) in [4.78, 5) is 7.93. The Labute approximate surface area is 94.2 Å². The van der Waals surface area contributed by atoms with Crippen LogP contribution < -0.4 is 11.1 Å². The molecule has 1 heterocycles. The lowest BCUT2D eigenvalue weighted by molar-refractivity contribution is 0.555. The largest absolute Gasteiger partial charge is 0.382 e. The average Bonchev–Trinajstić information content (AvgIpc) is 2.60. The zero-order valence-electron chi connectivity index (χ0n) is 8.70. The number of nitrogen functional groups attached to an aromatic ring is 1. The molecule has 1 aromatic rings. The van der Waals surface area contributed by atoms with Crippen LogP contribution in [-0.4, -0.2) is 16.0 Å². The first-order valence-corrected chi connectivity index (χ1v) is 5.59. The number of rotatable bonds is 2. The van der Waals surface area contributed by atoms with E-state index in [-0.39, 0.29) is 0 Å². The van der Waals surface area contributed by atoms with Crippen LogP contribution in [0.4, 0.5) is 11.6 Å². The summed E-state index contributed by atoms with van der Waals surface area (Å²) in [6.45, 7) is 2.24. The smallest absolute Gasteiger partial charge is 0.150 e. The molecule has 1 aliphatic carbocycles. The number of nitrogens with zero attached hydrogens (tertiary/aromatic N) is 2. The summed E-state index contributed by atoms with van der Waals surface area (Å²) in [5.74, 6) is 1.65.